The number of nitrogens with zero attached hydrogens (tertiary/aromatic N) is 1. The highest BCUT2D eigenvalue weighted by Crippen LogP contribution is 2.21. The van der Waals surface area contributed by atoms with Crippen molar-refractivity contribution >= 4 is 17.5 Å². The van der Waals surface area contributed by atoms with Crippen LogP contribution in [0.25, 0.3) is 0 Å². The molecule has 2 amide bonds. The Bertz CT molecular complexity index is 663. The number of hydrogen-bond donors (Lipinski definition) is 2. The minimum atomic E-state index is -0.377. The van der Waals surface area contributed by atoms with Gasteiger partial charge in [0.2, 0.25) is 0 Å². The van der Waals surface area contributed by atoms with E-state index in [-0.39, 0.29) is 17.9 Å². The van der Waals surface area contributed by atoms with Crippen molar-refractivity contribution in [3.63, 3.8) is 0 Å². The van der Waals surface area contributed by atoms with Crippen LogP contribution in [0.15, 0.2) is 24.3 Å². The second-order valence-electron chi connectivity index (χ2n) is 8.39. The lowest BCUT2D eigenvalue weighted by Crippen LogP contribution is -2.40. The molecule has 1 aromatic carbocycles. The number of likely N-dealkylation sites (tertiary alicyclic amines) is 1. The molecule has 0 spiro atoms. The zero-order valence-corrected chi connectivity index (χ0v) is 17.1. The Kier molecular flexibility index (Phi) is 7.45. The van der Waals surface area contributed by atoms with Crippen molar-refractivity contribution in [1.82, 2.24) is 10.2 Å². The molecule has 2 aliphatic rings. The lowest BCUT2D eigenvalue weighted by Gasteiger charge is -2.34. The number of nitrogens with one attached hydrogen (secondary N) is 2. The average Bonchev–Trinajstić information content (AvgIpc) is 3.19. The number of carbonyl (C=O) groups excluding carboxylic acids is 2. The van der Waals surface area contributed by atoms with Crippen LogP contribution in [0, 0.1) is 11.8 Å². The van der Waals surface area contributed by atoms with E-state index in [9.17, 15) is 9.59 Å². The van der Waals surface area contributed by atoms with Gasteiger partial charge in [0.1, 0.15) is 6.10 Å². The van der Waals surface area contributed by atoms with Gasteiger partial charge in [-0.1, -0.05) is 19.9 Å². The highest BCUT2D eigenvalue weighted by molar-refractivity contribution is 5.98. The Morgan fingerprint density at radius 2 is 2.00 bits per heavy atom. The number of hydrogen-bond acceptors (Lipinski definition) is 4. The minimum Gasteiger partial charge on any atom is -0.368 e. The summed E-state index contributed by atoms with van der Waals surface area (Å²) >= 11 is 0. The fourth-order valence-corrected chi connectivity index (χ4v) is 4.33. The van der Waals surface area contributed by atoms with Crippen molar-refractivity contribution in [1.29, 1.82) is 0 Å². The molecule has 3 atom stereocenters. The van der Waals surface area contributed by atoms with Crippen molar-refractivity contribution in [3.8, 4) is 0 Å². The van der Waals surface area contributed by atoms with Crippen molar-refractivity contribution in [2.75, 3.05) is 38.1 Å². The molecule has 1 aromatic rings. The minimum absolute atomic E-state index is 0.103. The zero-order chi connectivity index (χ0) is 19.9. The Labute approximate surface area is 168 Å². The molecule has 3 unspecified atom stereocenters. The summed E-state index contributed by atoms with van der Waals surface area (Å²) in [6, 6.07) is 7.07. The Balaban J connectivity index is 1.42. The fourth-order valence-electron chi connectivity index (χ4n) is 4.33. The number of rotatable bonds is 7. The molecule has 0 aromatic heterocycles. The SMILES string of the molecule is CC1CC(C)CN(CCCNC(=O)c2cccc(NC(=O)C3CCCO3)c2)C1. The van der Waals surface area contributed by atoms with Crippen molar-refractivity contribution in [2.45, 2.75) is 45.6 Å². The summed E-state index contributed by atoms with van der Waals surface area (Å²) in [4.78, 5) is 27.1. The molecule has 6 heteroatoms. The van der Waals surface area contributed by atoms with E-state index in [4.69, 9.17) is 4.74 Å². The average molecular weight is 388 g/mol. The van der Waals surface area contributed by atoms with Crippen LogP contribution in [-0.4, -0.2) is 55.6 Å². The van der Waals surface area contributed by atoms with Gasteiger partial charge in [-0.3, -0.25) is 9.59 Å². The largest absolute Gasteiger partial charge is 0.368 e. The van der Waals surface area contributed by atoms with Gasteiger partial charge in [-0.2, -0.15) is 0 Å². The van der Waals surface area contributed by atoms with Crippen LogP contribution >= 0.6 is 0 Å². The molecule has 2 saturated heterocycles. The summed E-state index contributed by atoms with van der Waals surface area (Å²) in [5.74, 6) is 1.27. The predicted octanol–water partition coefficient (Wildman–Crippen LogP) is 2.90. The summed E-state index contributed by atoms with van der Waals surface area (Å²) in [5.41, 5.74) is 1.19. The molecule has 2 aliphatic heterocycles. The van der Waals surface area contributed by atoms with E-state index < -0.39 is 0 Å². The summed E-state index contributed by atoms with van der Waals surface area (Å²) in [6.45, 7) is 9.26. The lowest BCUT2D eigenvalue weighted by atomic mass is 9.92. The topological polar surface area (TPSA) is 70.7 Å². The first kappa shape index (κ1) is 20.8. The third kappa shape index (κ3) is 6.04. The summed E-state index contributed by atoms with van der Waals surface area (Å²) < 4.78 is 5.40. The zero-order valence-electron chi connectivity index (χ0n) is 17.1. The van der Waals surface area contributed by atoms with Gasteiger partial charge in [0.05, 0.1) is 0 Å². The van der Waals surface area contributed by atoms with Crippen LogP contribution in [-0.2, 0) is 9.53 Å². The van der Waals surface area contributed by atoms with Crippen LogP contribution in [0.2, 0.25) is 0 Å². The lowest BCUT2D eigenvalue weighted by molar-refractivity contribution is -0.124. The molecule has 2 N–H and O–H groups in total. The monoisotopic (exact) mass is 387 g/mol. The molecule has 0 saturated carbocycles. The van der Waals surface area contributed by atoms with Crippen molar-refractivity contribution in [3.05, 3.63) is 29.8 Å². The van der Waals surface area contributed by atoms with Crippen molar-refractivity contribution in [2.24, 2.45) is 11.8 Å². The smallest absolute Gasteiger partial charge is 0.253 e. The first-order valence-electron chi connectivity index (χ1n) is 10.5. The third-order valence-corrected chi connectivity index (χ3v) is 5.50. The molecule has 2 heterocycles. The predicted molar refractivity (Wildman–Crippen MR) is 110 cm³/mol. The Hall–Kier alpha value is -1.92. The molecule has 28 heavy (non-hydrogen) atoms. The first-order valence-corrected chi connectivity index (χ1v) is 10.5. The number of piperidine rings is 1. The highest BCUT2D eigenvalue weighted by atomic mass is 16.5. The van der Waals surface area contributed by atoms with E-state index in [0.29, 0.717) is 24.4 Å². The molecule has 0 radical (unpaired) electrons. The third-order valence-electron chi connectivity index (χ3n) is 5.50. The quantitative estimate of drug-likeness (QED) is 0.706. The summed E-state index contributed by atoms with van der Waals surface area (Å²) in [7, 11) is 0. The van der Waals surface area contributed by atoms with Gasteiger partial charge in [-0.05, 0) is 62.3 Å². The van der Waals surface area contributed by atoms with E-state index >= 15 is 0 Å². The molecule has 6 nitrogen and oxygen atoms in total. The second-order valence-corrected chi connectivity index (χ2v) is 8.39. The van der Waals surface area contributed by atoms with Gasteiger partial charge in [0.25, 0.3) is 11.8 Å². The molecule has 2 fully saturated rings. The van der Waals surface area contributed by atoms with Gasteiger partial charge < -0.3 is 20.3 Å². The summed E-state index contributed by atoms with van der Waals surface area (Å²) in [5, 5.41) is 5.84. The Morgan fingerprint density at radius 3 is 2.71 bits per heavy atom. The second kappa shape index (κ2) is 10.0. The molecule has 154 valence electrons. The molecule has 3 rings (SSSR count). The van der Waals surface area contributed by atoms with Crippen molar-refractivity contribution < 1.29 is 14.3 Å². The normalized spacial score (nSPS) is 25.4. The molecular weight excluding hydrogens is 354 g/mol. The standard InChI is InChI=1S/C22H33N3O3/c1-16-12-17(2)15-25(14-16)10-5-9-23-21(26)18-6-3-7-19(13-18)24-22(27)20-8-4-11-28-20/h3,6-7,13,16-17,20H,4-5,8-12,14-15H2,1-2H3,(H,23,26)(H,24,27). The van der Waals surface area contributed by atoms with E-state index in [1.807, 2.05) is 0 Å². The van der Waals surface area contributed by atoms with E-state index in [1.54, 1.807) is 24.3 Å². The van der Waals surface area contributed by atoms with Gasteiger partial charge >= 0.3 is 0 Å². The van der Waals surface area contributed by atoms with Crippen LogP contribution in [0.1, 0.15) is 49.9 Å². The van der Waals surface area contributed by atoms with Crippen LogP contribution < -0.4 is 10.6 Å². The van der Waals surface area contributed by atoms with Crippen LogP contribution in [0.3, 0.4) is 0 Å². The summed E-state index contributed by atoms with van der Waals surface area (Å²) in [6.07, 6.45) is 3.54. The maximum atomic E-state index is 12.4. The molecular formula is C22H33N3O3. The van der Waals surface area contributed by atoms with E-state index in [2.05, 4.69) is 29.4 Å². The number of carbonyl (C=O) groups is 2. The number of amides is 2. The fraction of sp³-hybridized carbons (Fsp3) is 0.636. The van der Waals surface area contributed by atoms with Gasteiger partial charge in [-0.25, -0.2) is 0 Å². The number of ether oxygens (including phenoxy) is 1. The highest BCUT2D eigenvalue weighted by Gasteiger charge is 2.24. The Morgan fingerprint density at radius 1 is 1.21 bits per heavy atom. The number of anilines is 1. The van der Waals surface area contributed by atoms with Gasteiger partial charge in [0.15, 0.2) is 0 Å². The van der Waals surface area contributed by atoms with Crippen LogP contribution in [0.5, 0.6) is 0 Å². The van der Waals surface area contributed by atoms with Crippen LogP contribution in [0.4, 0.5) is 5.69 Å². The molecule has 0 bridgehead atoms. The maximum absolute atomic E-state index is 12.4. The van der Waals surface area contributed by atoms with E-state index in [1.165, 1.54) is 6.42 Å². The van der Waals surface area contributed by atoms with Gasteiger partial charge in [0, 0.05) is 37.5 Å². The van der Waals surface area contributed by atoms with Gasteiger partial charge in [-0.15, -0.1) is 0 Å². The number of benzene rings is 1. The van der Waals surface area contributed by atoms with E-state index in [0.717, 1.165) is 50.7 Å². The first-order chi connectivity index (χ1) is 13.5. The molecule has 0 aliphatic carbocycles. The maximum Gasteiger partial charge on any atom is 0.253 e.